The van der Waals surface area contributed by atoms with Crippen LogP contribution in [0.25, 0.3) is 0 Å². The van der Waals surface area contributed by atoms with Gasteiger partial charge in [0.2, 0.25) is 5.91 Å². The van der Waals surface area contributed by atoms with Gasteiger partial charge in [0, 0.05) is 22.5 Å². The van der Waals surface area contributed by atoms with E-state index in [-0.39, 0.29) is 23.7 Å². The molecule has 1 aromatic heterocycles. The maximum Gasteiger partial charge on any atom is 0.238 e. The summed E-state index contributed by atoms with van der Waals surface area (Å²) < 4.78 is 12.8. The predicted molar refractivity (Wildman–Crippen MR) is 85.2 cm³/mol. The third-order valence-electron chi connectivity index (χ3n) is 3.17. The lowest BCUT2D eigenvalue weighted by Gasteiger charge is -2.23. The van der Waals surface area contributed by atoms with Crippen molar-refractivity contribution in [2.45, 2.75) is 19.3 Å². The monoisotopic (exact) mass is 306 g/mol. The van der Waals surface area contributed by atoms with Crippen LogP contribution in [0.15, 0.2) is 41.8 Å². The van der Waals surface area contributed by atoms with Crippen LogP contribution < -0.4 is 10.6 Å². The summed E-state index contributed by atoms with van der Waals surface area (Å²) >= 11 is 1.72. The molecule has 2 rings (SSSR count). The molecule has 2 N–H and O–H groups in total. The molecule has 0 unspecified atom stereocenters. The van der Waals surface area contributed by atoms with Crippen molar-refractivity contribution in [2.24, 2.45) is 0 Å². The molecule has 0 atom stereocenters. The lowest BCUT2D eigenvalue weighted by atomic mass is 9.91. The average Bonchev–Trinajstić information content (AvgIpc) is 2.96. The summed E-state index contributed by atoms with van der Waals surface area (Å²) in [4.78, 5) is 13.1. The smallest absolute Gasteiger partial charge is 0.238 e. The molecular formula is C16H19FN2OS. The second-order valence-corrected chi connectivity index (χ2v) is 6.47. The third-order valence-corrected chi connectivity index (χ3v) is 4.40. The van der Waals surface area contributed by atoms with Crippen molar-refractivity contribution in [2.75, 3.05) is 18.4 Å². The number of rotatable bonds is 6. The van der Waals surface area contributed by atoms with Gasteiger partial charge in [-0.05, 0) is 35.7 Å². The van der Waals surface area contributed by atoms with Gasteiger partial charge in [0.05, 0.1) is 6.54 Å². The van der Waals surface area contributed by atoms with E-state index >= 15 is 0 Å². The molecule has 0 saturated heterocycles. The van der Waals surface area contributed by atoms with Gasteiger partial charge < -0.3 is 10.6 Å². The molecule has 2 aromatic rings. The summed E-state index contributed by atoms with van der Waals surface area (Å²) in [6.45, 7) is 5.23. The summed E-state index contributed by atoms with van der Waals surface area (Å²) in [6, 6.07) is 9.87. The van der Waals surface area contributed by atoms with Crippen LogP contribution in [0.3, 0.4) is 0 Å². The van der Waals surface area contributed by atoms with Crippen LogP contribution >= 0.6 is 11.3 Å². The van der Waals surface area contributed by atoms with Gasteiger partial charge in [-0.1, -0.05) is 19.9 Å². The van der Waals surface area contributed by atoms with Crippen molar-refractivity contribution < 1.29 is 9.18 Å². The van der Waals surface area contributed by atoms with Crippen LogP contribution in [0.4, 0.5) is 10.1 Å². The zero-order valence-corrected chi connectivity index (χ0v) is 13.0. The number of hydrogen-bond acceptors (Lipinski definition) is 3. The lowest BCUT2D eigenvalue weighted by molar-refractivity contribution is -0.115. The van der Waals surface area contributed by atoms with Crippen LogP contribution in [-0.4, -0.2) is 19.0 Å². The summed E-state index contributed by atoms with van der Waals surface area (Å²) in [6.07, 6.45) is 0. The molecule has 0 spiro atoms. The zero-order valence-electron chi connectivity index (χ0n) is 12.2. The van der Waals surface area contributed by atoms with Gasteiger partial charge in [-0.25, -0.2) is 4.39 Å². The van der Waals surface area contributed by atoms with Gasteiger partial charge in [-0.15, -0.1) is 11.3 Å². The number of amides is 1. The Balaban J connectivity index is 1.78. The molecule has 112 valence electrons. The highest BCUT2D eigenvalue weighted by Gasteiger charge is 2.21. The summed E-state index contributed by atoms with van der Waals surface area (Å²) in [5.74, 6) is -0.451. The van der Waals surface area contributed by atoms with E-state index in [2.05, 4.69) is 35.9 Å². The standard InChI is InChI=1S/C16H19FN2OS/c1-16(2,14-4-3-9-21-14)11-18-10-15(20)19-13-7-5-12(17)6-8-13/h3-9,18H,10-11H2,1-2H3,(H,19,20). The van der Waals surface area contributed by atoms with E-state index in [1.54, 1.807) is 23.5 Å². The largest absolute Gasteiger partial charge is 0.325 e. The number of anilines is 1. The quantitative estimate of drug-likeness (QED) is 0.859. The molecule has 0 radical (unpaired) electrons. The second kappa shape index (κ2) is 6.83. The molecule has 0 fully saturated rings. The topological polar surface area (TPSA) is 41.1 Å². The molecule has 5 heteroatoms. The minimum Gasteiger partial charge on any atom is -0.325 e. The molecule has 0 aliphatic heterocycles. The first-order chi connectivity index (χ1) is 9.97. The number of carbonyl (C=O) groups excluding carboxylic acids is 1. The van der Waals surface area contributed by atoms with Crippen LogP contribution in [0.2, 0.25) is 0 Å². The predicted octanol–water partition coefficient (Wildman–Crippen LogP) is 3.39. The fourth-order valence-corrected chi connectivity index (χ4v) is 2.83. The highest BCUT2D eigenvalue weighted by atomic mass is 32.1. The Morgan fingerprint density at radius 1 is 1.24 bits per heavy atom. The lowest BCUT2D eigenvalue weighted by Crippen LogP contribution is -2.37. The zero-order chi connectivity index (χ0) is 15.3. The SMILES string of the molecule is CC(C)(CNCC(=O)Nc1ccc(F)cc1)c1cccs1. The summed E-state index contributed by atoms with van der Waals surface area (Å²) in [5, 5.41) is 7.94. The molecular weight excluding hydrogens is 287 g/mol. The van der Waals surface area contributed by atoms with Crippen LogP contribution in [0.5, 0.6) is 0 Å². The fourth-order valence-electron chi connectivity index (χ4n) is 1.98. The third kappa shape index (κ3) is 4.65. The van der Waals surface area contributed by atoms with Crippen LogP contribution in [0.1, 0.15) is 18.7 Å². The fraction of sp³-hybridized carbons (Fsp3) is 0.312. The summed E-state index contributed by atoms with van der Waals surface area (Å²) in [5.41, 5.74) is 0.588. The maximum atomic E-state index is 12.8. The highest BCUT2D eigenvalue weighted by molar-refractivity contribution is 7.10. The number of thiophene rings is 1. The molecule has 0 aliphatic rings. The Hall–Kier alpha value is -1.72. The number of nitrogens with one attached hydrogen (secondary N) is 2. The maximum absolute atomic E-state index is 12.8. The number of halogens is 1. The Labute approximate surface area is 128 Å². The van der Waals surface area contributed by atoms with Gasteiger partial charge >= 0.3 is 0 Å². The number of benzene rings is 1. The van der Waals surface area contributed by atoms with Crippen molar-refractivity contribution in [1.82, 2.24) is 5.32 Å². The Kier molecular flexibility index (Phi) is 5.09. The molecule has 3 nitrogen and oxygen atoms in total. The highest BCUT2D eigenvalue weighted by Crippen LogP contribution is 2.26. The van der Waals surface area contributed by atoms with Crippen molar-refractivity contribution in [3.05, 3.63) is 52.5 Å². The van der Waals surface area contributed by atoms with Gasteiger partial charge in [-0.3, -0.25) is 4.79 Å². The van der Waals surface area contributed by atoms with E-state index in [0.717, 1.165) is 0 Å². The Morgan fingerprint density at radius 3 is 2.57 bits per heavy atom. The average molecular weight is 306 g/mol. The Bertz CT molecular complexity index is 579. The van der Waals surface area contributed by atoms with Crippen molar-refractivity contribution >= 4 is 22.9 Å². The van der Waals surface area contributed by atoms with E-state index in [4.69, 9.17) is 0 Å². The molecule has 0 saturated carbocycles. The number of carbonyl (C=O) groups is 1. The molecule has 21 heavy (non-hydrogen) atoms. The first kappa shape index (κ1) is 15.7. The van der Waals surface area contributed by atoms with Gasteiger partial charge in [-0.2, -0.15) is 0 Å². The first-order valence-electron chi connectivity index (χ1n) is 6.77. The molecule has 0 bridgehead atoms. The number of hydrogen-bond donors (Lipinski definition) is 2. The minimum absolute atomic E-state index is 0.00960. The van der Waals surface area contributed by atoms with E-state index in [1.165, 1.54) is 17.0 Å². The van der Waals surface area contributed by atoms with Crippen molar-refractivity contribution in [3.8, 4) is 0 Å². The van der Waals surface area contributed by atoms with E-state index in [1.807, 2.05) is 6.07 Å². The first-order valence-corrected chi connectivity index (χ1v) is 7.65. The second-order valence-electron chi connectivity index (χ2n) is 5.52. The molecule has 0 aliphatic carbocycles. The van der Waals surface area contributed by atoms with Crippen LogP contribution in [-0.2, 0) is 10.2 Å². The summed E-state index contributed by atoms with van der Waals surface area (Å²) in [7, 11) is 0. The Morgan fingerprint density at radius 2 is 1.95 bits per heavy atom. The van der Waals surface area contributed by atoms with Crippen molar-refractivity contribution in [3.63, 3.8) is 0 Å². The molecule has 1 amide bonds. The van der Waals surface area contributed by atoms with E-state index < -0.39 is 0 Å². The van der Waals surface area contributed by atoms with Gasteiger partial charge in [0.1, 0.15) is 5.82 Å². The van der Waals surface area contributed by atoms with E-state index in [0.29, 0.717) is 12.2 Å². The van der Waals surface area contributed by atoms with Gasteiger partial charge in [0.15, 0.2) is 0 Å². The molecule has 1 heterocycles. The van der Waals surface area contributed by atoms with Crippen molar-refractivity contribution in [1.29, 1.82) is 0 Å². The minimum atomic E-state index is -0.316. The van der Waals surface area contributed by atoms with E-state index in [9.17, 15) is 9.18 Å². The normalized spacial score (nSPS) is 11.4. The molecule has 1 aromatic carbocycles. The van der Waals surface area contributed by atoms with Crippen LogP contribution in [0, 0.1) is 5.82 Å². The van der Waals surface area contributed by atoms with Gasteiger partial charge in [0.25, 0.3) is 0 Å².